The maximum absolute atomic E-state index is 5.99. The molecule has 1 spiro atoms. The molecule has 0 radical (unpaired) electrons. The molecule has 4 rings (SSSR count). The van der Waals surface area contributed by atoms with Crippen LogP contribution >= 0.6 is 11.3 Å². The van der Waals surface area contributed by atoms with Crippen molar-refractivity contribution in [2.75, 3.05) is 49.2 Å². The Morgan fingerprint density at radius 3 is 2.88 bits per heavy atom. The highest BCUT2D eigenvalue weighted by atomic mass is 32.1. The van der Waals surface area contributed by atoms with E-state index < -0.39 is 0 Å². The third kappa shape index (κ3) is 3.23. The molecule has 2 saturated heterocycles. The summed E-state index contributed by atoms with van der Waals surface area (Å²) in [5.41, 5.74) is 1.09. The molecule has 0 aliphatic carbocycles. The molecule has 4 heterocycles. The van der Waals surface area contributed by atoms with Gasteiger partial charge < -0.3 is 14.5 Å². The average Bonchev–Trinajstić information content (AvgIpc) is 3.06. The Morgan fingerprint density at radius 2 is 2.08 bits per heavy atom. The fourth-order valence-corrected chi connectivity index (χ4v) is 4.41. The van der Waals surface area contributed by atoms with Crippen molar-refractivity contribution in [2.24, 2.45) is 5.41 Å². The van der Waals surface area contributed by atoms with Gasteiger partial charge in [-0.3, -0.25) is 0 Å². The van der Waals surface area contributed by atoms with Gasteiger partial charge in [0.15, 0.2) is 10.9 Å². The normalized spacial score (nSPS) is 25.0. The first kappa shape index (κ1) is 15.8. The van der Waals surface area contributed by atoms with Crippen LogP contribution in [0, 0.1) is 12.3 Å². The van der Waals surface area contributed by atoms with Gasteiger partial charge in [-0.15, -0.1) is 16.4 Å². The number of aromatic nitrogens is 3. The van der Waals surface area contributed by atoms with Crippen LogP contribution in [0.2, 0.25) is 0 Å². The van der Waals surface area contributed by atoms with Gasteiger partial charge >= 0.3 is 0 Å². The zero-order chi connectivity index (χ0) is 16.4. The quantitative estimate of drug-likeness (QED) is 0.833. The van der Waals surface area contributed by atoms with Gasteiger partial charge in [-0.1, -0.05) is 0 Å². The monoisotopic (exact) mass is 345 g/mol. The summed E-state index contributed by atoms with van der Waals surface area (Å²) < 4.78 is 5.99. The number of thiazole rings is 1. The number of anilines is 2. The summed E-state index contributed by atoms with van der Waals surface area (Å²) in [6.07, 6.45) is 4.22. The first-order valence-corrected chi connectivity index (χ1v) is 9.40. The van der Waals surface area contributed by atoms with E-state index in [1.54, 1.807) is 11.3 Å². The molecular weight excluding hydrogens is 322 g/mol. The molecule has 2 aliphatic rings. The smallest absolute Gasteiger partial charge is 0.185 e. The molecule has 2 aromatic rings. The molecule has 6 nitrogen and oxygen atoms in total. The summed E-state index contributed by atoms with van der Waals surface area (Å²) in [4.78, 5) is 9.26. The molecule has 0 N–H and O–H groups in total. The Kier molecular flexibility index (Phi) is 4.37. The van der Waals surface area contributed by atoms with Gasteiger partial charge in [-0.2, -0.15) is 5.10 Å². The molecule has 0 amide bonds. The first-order chi connectivity index (χ1) is 11.7. The fourth-order valence-electron chi connectivity index (χ4n) is 3.74. The zero-order valence-corrected chi connectivity index (χ0v) is 14.8. The van der Waals surface area contributed by atoms with Crippen LogP contribution in [0.25, 0.3) is 0 Å². The molecule has 1 atom stereocenters. The lowest BCUT2D eigenvalue weighted by molar-refractivity contribution is 0.0597. The van der Waals surface area contributed by atoms with Crippen LogP contribution in [0.4, 0.5) is 10.9 Å². The molecule has 24 heavy (non-hydrogen) atoms. The molecule has 2 aromatic heterocycles. The summed E-state index contributed by atoms with van der Waals surface area (Å²) in [7, 11) is 0. The van der Waals surface area contributed by atoms with Gasteiger partial charge in [0.05, 0.1) is 18.9 Å². The lowest BCUT2D eigenvalue weighted by Crippen LogP contribution is -2.51. The number of piperidine rings is 1. The van der Waals surface area contributed by atoms with Crippen molar-refractivity contribution < 1.29 is 4.74 Å². The summed E-state index contributed by atoms with van der Waals surface area (Å²) in [5, 5.41) is 11.8. The lowest BCUT2D eigenvalue weighted by atomic mass is 9.80. The predicted molar refractivity (Wildman–Crippen MR) is 95.8 cm³/mol. The first-order valence-electron chi connectivity index (χ1n) is 8.52. The summed E-state index contributed by atoms with van der Waals surface area (Å²) >= 11 is 1.71. The van der Waals surface area contributed by atoms with E-state index in [-0.39, 0.29) is 5.41 Å². The molecular formula is C17H23N5OS. The summed E-state index contributed by atoms with van der Waals surface area (Å²) in [6.45, 7) is 7.47. The van der Waals surface area contributed by atoms with E-state index in [0.717, 1.165) is 62.5 Å². The summed E-state index contributed by atoms with van der Waals surface area (Å²) in [5.74, 6) is 0.977. The lowest BCUT2D eigenvalue weighted by Gasteiger charge is -2.43. The number of hydrogen-bond donors (Lipinski definition) is 0. The van der Waals surface area contributed by atoms with Crippen LogP contribution in [0.5, 0.6) is 0 Å². The Balaban J connectivity index is 1.55. The number of hydrogen-bond acceptors (Lipinski definition) is 7. The van der Waals surface area contributed by atoms with Crippen molar-refractivity contribution in [1.82, 2.24) is 15.2 Å². The number of aryl methyl sites for hydroxylation is 1. The largest absolute Gasteiger partial charge is 0.379 e. The van der Waals surface area contributed by atoms with Crippen LogP contribution in [0.15, 0.2) is 23.7 Å². The summed E-state index contributed by atoms with van der Waals surface area (Å²) in [6, 6.07) is 4.12. The van der Waals surface area contributed by atoms with Gasteiger partial charge in [0.25, 0.3) is 0 Å². The van der Waals surface area contributed by atoms with E-state index in [1.165, 1.54) is 6.42 Å². The second kappa shape index (κ2) is 6.64. The van der Waals surface area contributed by atoms with Crippen LogP contribution in [0.3, 0.4) is 0 Å². The van der Waals surface area contributed by atoms with Gasteiger partial charge in [0.1, 0.15) is 0 Å². The zero-order valence-electron chi connectivity index (χ0n) is 14.0. The number of ether oxygens (including phenoxy) is 1. The minimum absolute atomic E-state index is 0.132. The van der Waals surface area contributed by atoms with E-state index >= 15 is 0 Å². The Morgan fingerprint density at radius 1 is 1.17 bits per heavy atom. The SMILES string of the molecule is Cc1ccc(N2CCC[C@@]3(COCCN(c4nccs4)C3)C2)nn1. The molecule has 0 unspecified atom stereocenters. The Hall–Kier alpha value is -1.73. The minimum Gasteiger partial charge on any atom is -0.379 e. The fraction of sp³-hybridized carbons (Fsp3) is 0.588. The highest BCUT2D eigenvalue weighted by Gasteiger charge is 2.40. The van der Waals surface area contributed by atoms with Crippen LogP contribution in [0.1, 0.15) is 18.5 Å². The van der Waals surface area contributed by atoms with E-state index in [0.29, 0.717) is 0 Å². The van der Waals surface area contributed by atoms with E-state index in [4.69, 9.17) is 4.74 Å². The van der Waals surface area contributed by atoms with Crippen molar-refractivity contribution in [1.29, 1.82) is 0 Å². The Labute approximate surface area is 146 Å². The van der Waals surface area contributed by atoms with Crippen molar-refractivity contribution >= 4 is 22.3 Å². The van der Waals surface area contributed by atoms with Crippen LogP contribution in [-0.2, 0) is 4.74 Å². The van der Waals surface area contributed by atoms with Crippen molar-refractivity contribution in [3.05, 3.63) is 29.4 Å². The Bertz CT molecular complexity index is 662. The predicted octanol–water partition coefficient (Wildman–Crippen LogP) is 2.36. The highest BCUT2D eigenvalue weighted by molar-refractivity contribution is 7.13. The topological polar surface area (TPSA) is 54.4 Å². The molecule has 0 saturated carbocycles. The van der Waals surface area contributed by atoms with Gasteiger partial charge in [-0.05, 0) is 31.9 Å². The number of nitrogens with zero attached hydrogens (tertiary/aromatic N) is 5. The maximum Gasteiger partial charge on any atom is 0.185 e. The number of rotatable bonds is 2. The van der Waals surface area contributed by atoms with Gasteiger partial charge in [0, 0.05) is 43.2 Å². The van der Waals surface area contributed by atoms with Crippen LogP contribution < -0.4 is 9.80 Å². The maximum atomic E-state index is 5.99. The van der Waals surface area contributed by atoms with Crippen LogP contribution in [-0.4, -0.2) is 54.6 Å². The highest BCUT2D eigenvalue weighted by Crippen LogP contribution is 2.36. The third-order valence-electron chi connectivity index (χ3n) is 4.90. The standard InChI is InChI=1S/C17H23N5OS/c1-14-3-4-15(20-19-14)21-7-2-5-17(11-21)12-22(8-9-23-13-17)16-18-6-10-24-16/h3-4,6,10H,2,5,7-9,11-13H2,1H3/t17-/m1/s1. The van der Waals surface area contributed by atoms with Gasteiger partial charge in [-0.25, -0.2) is 4.98 Å². The molecule has 2 fully saturated rings. The molecule has 0 aromatic carbocycles. The molecule has 128 valence electrons. The second-order valence-corrected chi connectivity index (χ2v) is 7.72. The minimum atomic E-state index is 0.132. The average molecular weight is 345 g/mol. The second-order valence-electron chi connectivity index (χ2n) is 6.85. The van der Waals surface area contributed by atoms with Crippen molar-refractivity contribution in [2.45, 2.75) is 19.8 Å². The molecule has 7 heteroatoms. The van der Waals surface area contributed by atoms with Crippen molar-refractivity contribution in [3.63, 3.8) is 0 Å². The van der Waals surface area contributed by atoms with Crippen molar-refractivity contribution in [3.8, 4) is 0 Å². The van der Waals surface area contributed by atoms with E-state index in [1.807, 2.05) is 24.6 Å². The molecule has 0 bridgehead atoms. The van der Waals surface area contributed by atoms with E-state index in [2.05, 4.69) is 31.0 Å². The third-order valence-corrected chi connectivity index (χ3v) is 5.73. The molecule has 2 aliphatic heterocycles. The van der Waals surface area contributed by atoms with Gasteiger partial charge in [0.2, 0.25) is 0 Å². The van der Waals surface area contributed by atoms with E-state index in [9.17, 15) is 0 Å².